The van der Waals surface area contributed by atoms with E-state index in [2.05, 4.69) is 21.9 Å². The Kier molecular flexibility index (Phi) is 5.94. The van der Waals surface area contributed by atoms with Gasteiger partial charge in [-0.25, -0.2) is 13.4 Å². The van der Waals surface area contributed by atoms with Gasteiger partial charge in [-0.1, -0.05) is 13.0 Å². The van der Waals surface area contributed by atoms with Crippen LogP contribution in [-0.4, -0.2) is 48.5 Å². The van der Waals surface area contributed by atoms with E-state index in [9.17, 15) is 18.0 Å². The summed E-state index contributed by atoms with van der Waals surface area (Å²) in [5, 5.41) is 1.85. The molecule has 0 bridgehead atoms. The van der Waals surface area contributed by atoms with Crippen LogP contribution in [0.1, 0.15) is 25.5 Å². The van der Waals surface area contributed by atoms with Crippen molar-refractivity contribution in [3.05, 3.63) is 42.1 Å². The van der Waals surface area contributed by atoms with Crippen molar-refractivity contribution >= 4 is 45.1 Å². The third-order valence-corrected chi connectivity index (χ3v) is 8.06. The summed E-state index contributed by atoms with van der Waals surface area (Å²) in [7, 11) is -3.88. The lowest BCUT2D eigenvalue weighted by molar-refractivity contribution is -0.135. The minimum absolute atomic E-state index is 0.00486. The Balaban J connectivity index is 1.52. The summed E-state index contributed by atoms with van der Waals surface area (Å²) in [5.41, 5.74) is 1.07. The van der Waals surface area contributed by atoms with Crippen molar-refractivity contribution in [2.45, 2.75) is 41.7 Å². The van der Waals surface area contributed by atoms with Crippen LogP contribution in [0.2, 0.25) is 0 Å². The molecule has 0 radical (unpaired) electrons. The molecular weight excluding hydrogens is 436 g/mol. The summed E-state index contributed by atoms with van der Waals surface area (Å²) in [6.45, 7) is 5.25. The maximum absolute atomic E-state index is 12.9. The Morgan fingerprint density at radius 2 is 1.97 bits per heavy atom. The summed E-state index contributed by atoms with van der Waals surface area (Å²) >= 11 is 1.16. The fourth-order valence-electron chi connectivity index (χ4n) is 3.61. The van der Waals surface area contributed by atoms with Crippen molar-refractivity contribution in [3.8, 4) is 0 Å². The molecule has 164 valence electrons. The molecule has 1 aromatic carbocycles. The predicted octanol–water partition coefficient (Wildman–Crippen LogP) is 2.86. The molecule has 1 saturated heterocycles. The van der Waals surface area contributed by atoms with Gasteiger partial charge in [-0.2, -0.15) is 0 Å². The first-order valence-electron chi connectivity index (χ1n) is 10.1. The lowest BCUT2D eigenvalue weighted by Crippen LogP contribution is -2.47. The van der Waals surface area contributed by atoms with Gasteiger partial charge in [0.1, 0.15) is 5.82 Å². The minimum Gasteiger partial charge on any atom is -0.341 e. The van der Waals surface area contributed by atoms with E-state index in [0.29, 0.717) is 35.3 Å². The minimum atomic E-state index is -3.88. The first-order chi connectivity index (χ1) is 14.7. The van der Waals surface area contributed by atoms with E-state index in [4.69, 9.17) is 0 Å². The van der Waals surface area contributed by atoms with Crippen LogP contribution in [0.5, 0.6) is 0 Å². The van der Waals surface area contributed by atoms with Gasteiger partial charge in [-0.15, -0.1) is 11.8 Å². The number of rotatable bonds is 4. The first-order valence-corrected chi connectivity index (χ1v) is 12.5. The van der Waals surface area contributed by atoms with Gasteiger partial charge in [0.15, 0.2) is 5.25 Å². The molecule has 0 spiro atoms. The smallest absolute Gasteiger partial charge is 0.263 e. The molecule has 10 heteroatoms. The van der Waals surface area contributed by atoms with E-state index >= 15 is 0 Å². The van der Waals surface area contributed by atoms with Crippen LogP contribution < -0.4 is 10.0 Å². The highest BCUT2D eigenvalue weighted by Crippen LogP contribution is 2.38. The van der Waals surface area contributed by atoms with Gasteiger partial charge in [-0.05, 0) is 56.0 Å². The maximum Gasteiger partial charge on any atom is 0.263 e. The number of amides is 2. The van der Waals surface area contributed by atoms with Crippen molar-refractivity contribution in [2.24, 2.45) is 5.92 Å². The number of piperidine rings is 1. The largest absolute Gasteiger partial charge is 0.341 e. The number of hydrogen-bond donors (Lipinski definition) is 2. The van der Waals surface area contributed by atoms with Crippen LogP contribution in [0.4, 0.5) is 11.5 Å². The van der Waals surface area contributed by atoms with Crippen LogP contribution >= 0.6 is 11.8 Å². The number of hydrogen-bond acceptors (Lipinski definition) is 6. The van der Waals surface area contributed by atoms with Crippen molar-refractivity contribution in [2.75, 3.05) is 23.1 Å². The fourth-order valence-corrected chi connectivity index (χ4v) is 5.69. The third kappa shape index (κ3) is 4.69. The molecule has 31 heavy (non-hydrogen) atoms. The average molecular weight is 461 g/mol. The molecule has 2 aromatic rings. The van der Waals surface area contributed by atoms with Gasteiger partial charge in [0.2, 0.25) is 11.8 Å². The van der Waals surface area contributed by atoms with Crippen LogP contribution in [0.15, 0.2) is 46.2 Å². The Morgan fingerprint density at radius 3 is 2.68 bits per heavy atom. The second-order valence-corrected chi connectivity index (χ2v) is 10.8. The highest BCUT2D eigenvalue weighted by Gasteiger charge is 2.37. The fraction of sp³-hybridized carbons (Fsp3) is 0.381. The van der Waals surface area contributed by atoms with Crippen molar-refractivity contribution < 1.29 is 18.0 Å². The van der Waals surface area contributed by atoms with E-state index in [-0.39, 0.29) is 16.6 Å². The zero-order chi connectivity index (χ0) is 22.2. The summed E-state index contributed by atoms with van der Waals surface area (Å²) in [6, 6.07) is 9.54. The van der Waals surface area contributed by atoms with Crippen molar-refractivity contribution in [3.63, 3.8) is 0 Å². The lowest BCUT2D eigenvalue weighted by atomic mass is 9.99. The van der Waals surface area contributed by atoms with Gasteiger partial charge in [0.05, 0.1) is 10.6 Å². The maximum atomic E-state index is 12.9. The van der Waals surface area contributed by atoms with Crippen LogP contribution in [0.25, 0.3) is 0 Å². The topological polar surface area (TPSA) is 108 Å². The molecule has 1 fully saturated rings. The van der Waals surface area contributed by atoms with Crippen molar-refractivity contribution in [1.82, 2.24) is 9.88 Å². The number of benzene rings is 1. The van der Waals surface area contributed by atoms with E-state index in [1.165, 1.54) is 12.1 Å². The monoisotopic (exact) mass is 460 g/mol. The Hall–Kier alpha value is -2.59. The average Bonchev–Trinajstić information content (AvgIpc) is 2.72. The summed E-state index contributed by atoms with van der Waals surface area (Å²) in [5.74, 6) is 0.187. The second-order valence-electron chi connectivity index (χ2n) is 7.92. The molecule has 2 aliphatic rings. The number of sulfonamides is 1. The molecule has 8 nitrogen and oxygen atoms in total. The molecule has 0 unspecified atom stereocenters. The molecule has 1 atom stereocenters. The number of carbonyl (C=O) groups excluding carboxylic acids is 2. The number of nitrogens with one attached hydrogen (secondary N) is 2. The highest BCUT2D eigenvalue weighted by molar-refractivity contribution is 8.01. The lowest BCUT2D eigenvalue weighted by Gasteiger charge is -2.33. The van der Waals surface area contributed by atoms with Crippen LogP contribution in [0.3, 0.4) is 0 Å². The molecule has 2 N–H and O–H groups in total. The number of carbonyl (C=O) groups is 2. The number of nitrogens with zero attached hydrogens (tertiary/aromatic N) is 2. The summed E-state index contributed by atoms with van der Waals surface area (Å²) < 4.78 is 28.0. The van der Waals surface area contributed by atoms with E-state index in [1.807, 2.05) is 0 Å². The Morgan fingerprint density at radius 1 is 1.23 bits per heavy atom. The molecule has 0 saturated carbocycles. The van der Waals surface area contributed by atoms with Gasteiger partial charge < -0.3 is 10.2 Å². The highest BCUT2D eigenvalue weighted by atomic mass is 32.2. The molecule has 0 aliphatic carbocycles. The number of anilines is 2. The molecule has 2 aliphatic heterocycles. The van der Waals surface area contributed by atoms with E-state index in [0.717, 1.165) is 24.6 Å². The van der Waals surface area contributed by atoms with Gasteiger partial charge in [0, 0.05) is 23.7 Å². The third-order valence-electron chi connectivity index (χ3n) is 5.45. The SMILES string of the molecule is Cc1cccc(NS(=O)(=O)c2ccc3c(c2)NC(=O)[C@H](C(=O)N2CCC(C)CC2)S3)n1. The zero-order valence-electron chi connectivity index (χ0n) is 17.3. The zero-order valence-corrected chi connectivity index (χ0v) is 18.9. The van der Waals surface area contributed by atoms with E-state index in [1.54, 1.807) is 36.1 Å². The Bertz CT molecular complexity index is 1130. The van der Waals surface area contributed by atoms with E-state index < -0.39 is 21.2 Å². The van der Waals surface area contributed by atoms with Crippen LogP contribution in [-0.2, 0) is 19.6 Å². The normalized spacial score (nSPS) is 19.5. The summed E-state index contributed by atoms with van der Waals surface area (Å²) in [6.07, 6.45) is 1.87. The first kappa shape index (κ1) is 21.6. The number of likely N-dealkylation sites (tertiary alicyclic amines) is 1. The molecular formula is C21H24N4O4S2. The number of aromatic nitrogens is 1. The van der Waals surface area contributed by atoms with Gasteiger partial charge in [-0.3, -0.25) is 14.3 Å². The number of thioether (sulfide) groups is 1. The molecule has 1 aromatic heterocycles. The quantitative estimate of drug-likeness (QED) is 0.679. The number of pyridine rings is 1. The Labute approximate surface area is 185 Å². The number of fused-ring (bicyclic) bond motifs is 1. The van der Waals surface area contributed by atoms with Crippen molar-refractivity contribution in [1.29, 1.82) is 0 Å². The predicted molar refractivity (Wildman–Crippen MR) is 119 cm³/mol. The molecule has 2 amide bonds. The standard InChI is InChI=1S/C21H24N4O4S2/c1-13-8-10-25(11-9-13)21(27)19-20(26)23-16-12-15(6-7-17(16)30-19)31(28,29)24-18-5-3-4-14(2)22-18/h3-7,12-13,19H,8-11H2,1-2H3,(H,22,24)(H,23,26)/t19-/m1/s1. The molecule has 3 heterocycles. The molecule has 4 rings (SSSR count). The summed E-state index contributed by atoms with van der Waals surface area (Å²) in [4.78, 5) is 32.1. The second kappa shape index (κ2) is 8.51. The number of aryl methyl sites for hydroxylation is 1. The van der Waals surface area contributed by atoms with Gasteiger partial charge >= 0.3 is 0 Å². The van der Waals surface area contributed by atoms with Crippen LogP contribution in [0, 0.1) is 12.8 Å². The van der Waals surface area contributed by atoms with Gasteiger partial charge in [0.25, 0.3) is 10.0 Å².